The summed E-state index contributed by atoms with van der Waals surface area (Å²) in [7, 11) is 0. The summed E-state index contributed by atoms with van der Waals surface area (Å²) >= 11 is 0. The van der Waals surface area contributed by atoms with Gasteiger partial charge in [0.15, 0.2) is 0 Å². The molecule has 6 rings (SSSR count). The summed E-state index contributed by atoms with van der Waals surface area (Å²) in [6.45, 7) is 0. The number of nitrogens with one attached hydrogen (secondary N) is 2. The molecule has 0 aromatic rings. The number of rotatable bonds is 5. The Bertz CT molecular complexity index is 783. The zero-order chi connectivity index (χ0) is 19.8. The van der Waals surface area contributed by atoms with Crippen LogP contribution in [0, 0.1) is 11.8 Å². The summed E-state index contributed by atoms with van der Waals surface area (Å²) < 4.78 is 6.33. The van der Waals surface area contributed by atoms with Gasteiger partial charge in [-0.2, -0.15) is 0 Å². The molecule has 0 aromatic heterocycles. The number of amides is 3. The van der Waals surface area contributed by atoms with Gasteiger partial charge in [0.1, 0.15) is 11.6 Å². The minimum Gasteiger partial charge on any atom is -0.359 e. The first kappa shape index (κ1) is 17.9. The lowest BCUT2D eigenvalue weighted by atomic mass is 9.74. The number of hydrogen-bond acceptors (Lipinski definition) is 4. The van der Waals surface area contributed by atoms with Crippen LogP contribution in [0.1, 0.15) is 57.8 Å². The maximum absolute atomic E-state index is 13.5. The smallest absolute Gasteiger partial charge is 0.246 e. The van der Waals surface area contributed by atoms with E-state index in [1.807, 2.05) is 12.2 Å². The molecule has 7 nitrogen and oxygen atoms in total. The van der Waals surface area contributed by atoms with Crippen LogP contribution in [0.3, 0.4) is 0 Å². The highest BCUT2D eigenvalue weighted by Gasteiger charge is 2.74. The average Bonchev–Trinajstić information content (AvgIpc) is 3.63. The number of hydrogen-bond donors (Lipinski definition) is 2. The summed E-state index contributed by atoms with van der Waals surface area (Å²) in [5.74, 6) is -1.38. The minimum absolute atomic E-state index is 0.0703. The van der Waals surface area contributed by atoms with Crippen LogP contribution in [0.4, 0.5) is 0 Å². The van der Waals surface area contributed by atoms with Gasteiger partial charge in [0.05, 0.1) is 17.9 Å². The van der Waals surface area contributed by atoms with Crippen molar-refractivity contribution < 1.29 is 19.1 Å². The van der Waals surface area contributed by atoms with Crippen molar-refractivity contribution in [3.63, 3.8) is 0 Å². The number of carbonyl (C=O) groups excluding carboxylic acids is 3. The third kappa shape index (κ3) is 2.69. The summed E-state index contributed by atoms with van der Waals surface area (Å²) in [5, 5.41) is 6.28. The first-order chi connectivity index (χ1) is 14.1. The second kappa shape index (κ2) is 6.30. The Labute approximate surface area is 170 Å². The molecule has 3 aliphatic carbocycles. The molecule has 156 valence electrons. The Hall–Kier alpha value is -1.89. The molecule has 3 heterocycles. The molecule has 2 N–H and O–H groups in total. The van der Waals surface area contributed by atoms with Crippen molar-refractivity contribution in [3.05, 3.63) is 12.2 Å². The van der Waals surface area contributed by atoms with Gasteiger partial charge in [-0.3, -0.25) is 14.4 Å². The fourth-order valence-electron chi connectivity index (χ4n) is 6.00. The monoisotopic (exact) mass is 399 g/mol. The summed E-state index contributed by atoms with van der Waals surface area (Å²) in [5.41, 5.74) is -0.991. The number of ether oxygens (including phenoxy) is 1. The van der Waals surface area contributed by atoms with Crippen molar-refractivity contribution >= 4 is 17.7 Å². The van der Waals surface area contributed by atoms with Crippen LogP contribution in [0.25, 0.3) is 0 Å². The van der Waals surface area contributed by atoms with Crippen LogP contribution in [-0.2, 0) is 19.1 Å². The van der Waals surface area contributed by atoms with E-state index in [-0.39, 0.29) is 35.8 Å². The SMILES string of the molecule is O=C(NC1CC1)[C@H]1[C@H]2C(=O)N(C3CC3)[C@@H](C(=O)NC3CCCCC3)[C@@]23C=C[C@H]1O3. The van der Waals surface area contributed by atoms with E-state index in [1.54, 1.807) is 4.90 Å². The Morgan fingerprint density at radius 1 is 0.966 bits per heavy atom. The Balaban J connectivity index is 1.31. The maximum atomic E-state index is 13.5. The maximum Gasteiger partial charge on any atom is 0.246 e. The van der Waals surface area contributed by atoms with Gasteiger partial charge in [-0.05, 0) is 38.5 Å². The highest BCUT2D eigenvalue weighted by Crippen LogP contribution is 2.57. The average molecular weight is 399 g/mol. The molecule has 6 aliphatic rings. The molecular weight excluding hydrogens is 370 g/mol. The molecule has 3 aliphatic heterocycles. The Morgan fingerprint density at radius 2 is 1.66 bits per heavy atom. The third-order valence-electron chi connectivity index (χ3n) is 7.68. The minimum atomic E-state index is -0.991. The summed E-state index contributed by atoms with van der Waals surface area (Å²) in [6, 6.07) is -0.135. The Kier molecular flexibility index (Phi) is 3.90. The van der Waals surface area contributed by atoms with Crippen molar-refractivity contribution in [3.8, 4) is 0 Å². The van der Waals surface area contributed by atoms with E-state index in [9.17, 15) is 14.4 Å². The van der Waals surface area contributed by atoms with Gasteiger partial charge in [0.25, 0.3) is 0 Å². The van der Waals surface area contributed by atoms with Gasteiger partial charge in [-0.25, -0.2) is 0 Å². The zero-order valence-corrected chi connectivity index (χ0v) is 16.6. The van der Waals surface area contributed by atoms with Gasteiger partial charge in [0, 0.05) is 18.1 Å². The van der Waals surface area contributed by atoms with Gasteiger partial charge < -0.3 is 20.3 Å². The van der Waals surface area contributed by atoms with Crippen molar-refractivity contribution in [1.82, 2.24) is 15.5 Å². The first-order valence-corrected chi connectivity index (χ1v) is 11.4. The molecule has 7 heteroatoms. The van der Waals surface area contributed by atoms with Crippen molar-refractivity contribution in [2.24, 2.45) is 11.8 Å². The predicted octanol–water partition coefficient (Wildman–Crippen LogP) is 1.03. The lowest BCUT2D eigenvalue weighted by Gasteiger charge is -2.34. The molecule has 1 spiro atoms. The lowest BCUT2D eigenvalue weighted by molar-refractivity contribution is -0.142. The van der Waals surface area contributed by atoms with Gasteiger partial charge >= 0.3 is 0 Å². The van der Waals surface area contributed by atoms with Crippen LogP contribution in [0.2, 0.25) is 0 Å². The fraction of sp³-hybridized carbons (Fsp3) is 0.773. The Morgan fingerprint density at radius 3 is 2.34 bits per heavy atom. The second-order valence-corrected chi connectivity index (χ2v) is 9.80. The van der Waals surface area contributed by atoms with Crippen molar-refractivity contribution in [2.75, 3.05) is 0 Å². The summed E-state index contributed by atoms with van der Waals surface area (Å²) in [6.07, 6.45) is 12.8. The van der Waals surface area contributed by atoms with Crippen LogP contribution in [0.5, 0.6) is 0 Å². The van der Waals surface area contributed by atoms with E-state index in [0.29, 0.717) is 0 Å². The van der Waals surface area contributed by atoms with E-state index in [2.05, 4.69) is 10.6 Å². The van der Waals surface area contributed by atoms with E-state index in [0.717, 1.165) is 51.4 Å². The second-order valence-electron chi connectivity index (χ2n) is 9.80. The molecule has 3 saturated carbocycles. The van der Waals surface area contributed by atoms with Crippen LogP contribution >= 0.6 is 0 Å². The fourth-order valence-corrected chi connectivity index (χ4v) is 6.00. The number of fused-ring (bicyclic) bond motifs is 1. The molecule has 0 radical (unpaired) electrons. The number of carbonyl (C=O) groups is 3. The molecular formula is C22H29N3O4. The first-order valence-electron chi connectivity index (χ1n) is 11.4. The summed E-state index contributed by atoms with van der Waals surface area (Å²) in [4.78, 5) is 41.7. The van der Waals surface area contributed by atoms with Gasteiger partial charge in [-0.1, -0.05) is 31.4 Å². The highest BCUT2D eigenvalue weighted by atomic mass is 16.5. The molecule has 0 unspecified atom stereocenters. The standard InChI is InChI=1S/C22H29N3O4/c26-19(23-13-6-7-13)16-15-10-11-22(29-15)17(16)21(28)25(14-8-9-14)18(22)20(27)24-12-4-2-1-3-5-12/h10-18H,1-9H2,(H,23,26)(H,24,27)/t15-,16-,17+,18+,22-/m1/s1. The molecule has 5 fully saturated rings. The number of nitrogens with zero attached hydrogens (tertiary/aromatic N) is 1. The molecule has 3 amide bonds. The molecule has 29 heavy (non-hydrogen) atoms. The van der Waals surface area contributed by atoms with Crippen LogP contribution < -0.4 is 10.6 Å². The van der Waals surface area contributed by atoms with Gasteiger partial charge in [0.2, 0.25) is 17.7 Å². The van der Waals surface area contributed by atoms with E-state index < -0.39 is 29.6 Å². The lowest BCUT2D eigenvalue weighted by Crippen LogP contribution is -2.57. The van der Waals surface area contributed by atoms with E-state index in [1.165, 1.54) is 6.42 Å². The van der Waals surface area contributed by atoms with Crippen molar-refractivity contribution in [1.29, 1.82) is 0 Å². The van der Waals surface area contributed by atoms with E-state index >= 15 is 0 Å². The molecule has 0 aromatic carbocycles. The number of likely N-dealkylation sites (tertiary alicyclic amines) is 1. The van der Waals surface area contributed by atoms with E-state index in [4.69, 9.17) is 4.74 Å². The quantitative estimate of drug-likeness (QED) is 0.676. The zero-order valence-electron chi connectivity index (χ0n) is 16.6. The van der Waals surface area contributed by atoms with Crippen molar-refractivity contribution in [2.45, 2.75) is 93.7 Å². The third-order valence-corrected chi connectivity index (χ3v) is 7.68. The van der Waals surface area contributed by atoms with Gasteiger partial charge in [-0.15, -0.1) is 0 Å². The molecule has 2 bridgehead atoms. The topological polar surface area (TPSA) is 87.7 Å². The van der Waals surface area contributed by atoms with Crippen LogP contribution in [0.15, 0.2) is 12.2 Å². The largest absolute Gasteiger partial charge is 0.359 e. The molecule has 2 saturated heterocycles. The molecule has 5 atom stereocenters. The predicted molar refractivity (Wildman–Crippen MR) is 104 cm³/mol. The normalized spacial score (nSPS) is 41.0. The van der Waals surface area contributed by atoms with Crippen LogP contribution in [-0.4, -0.2) is 58.5 Å². The highest BCUT2D eigenvalue weighted by molar-refractivity contribution is 6.00.